The monoisotopic (exact) mass is 285 g/mol. The molecule has 0 spiro atoms. The van der Waals surface area contributed by atoms with Crippen LogP contribution in [0.15, 0.2) is 12.1 Å². The predicted molar refractivity (Wildman–Crippen MR) is 69.8 cm³/mol. The van der Waals surface area contributed by atoms with E-state index in [1.54, 1.807) is 20.8 Å². The van der Waals surface area contributed by atoms with Gasteiger partial charge >= 0.3 is 12.1 Å². The number of methoxy groups -OCH3 is 1. The van der Waals surface area contributed by atoms with Gasteiger partial charge in [0.2, 0.25) is 0 Å². The SMILES string of the molecule is COc1cc(NC(=O)OC(C)(C)C)c(F)c(C(=O)O)c1. The molecule has 1 rings (SSSR count). The van der Waals surface area contributed by atoms with Gasteiger partial charge in [-0.25, -0.2) is 14.0 Å². The maximum Gasteiger partial charge on any atom is 0.412 e. The first-order valence-electron chi connectivity index (χ1n) is 5.75. The fourth-order valence-corrected chi connectivity index (χ4v) is 1.38. The van der Waals surface area contributed by atoms with Gasteiger partial charge in [-0.1, -0.05) is 0 Å². The van der Waals surface area contributed by atoms with Crippen molar-refractivity contribution in [3.8, 4) is 5.75 Å². The van der Waals surface area contributed by atoms with Gasteiger partial charge in [-0.15, -0.1) is 0 Å². The van der Waals surface area contributed by atoms with Crippen molar-refractivity contribution in [2.45, 2.75) is 26.4 Å². The molecule has 1 amide bonds. The first-order valence-corrected chi connectivity index (χ1v) is 5.75. The van der Waals surface area contributed by atoms with Gasteiger partial charge < -0.3 is 14.6 Å². The number of aromatic carboxylic acids is 1. The normalized spacial score (nSPS) is 10.8. The second kappa shape index (κ2) is 5.77. The van der Waals surface area contributed by atoms with E-state index in [9.17, 15) is 14.0 Å². The molecule has 20 heavy (non-hydrogen) atoms. The number of rotatable bonds is 3. The van der Waals surface area contributed by atoms with E-state index in [4.69, 9.17) is 14.6 Å². The molecule has 0 fully saturated rings. The molecule has 0 bridgehead atoms. The van der Waals surface area contributed by atoms with Crippen LogP contribution in [0.2, 0.25) is 0 Å². The van der Waals surface area contributed by atoms with Gasteiger partial charge in [0.15, 0.2) is 5.82 Å². The Morgan fingerprint density at radius 1 is 1.30 bits per heavy atom. The molecule has 7 heteroatoms. The molecule has 2 N–H and O–H groups in total. The van der Waals surface area contributed by atoms with E-state index in [1.165, 1.54) is 13.2 Å². The fraction of sp³-hybridized carbons (Fsp3) is 0.385. The Bertz CT molecular complexity index is 536. The molecular formula is C13H16FNO5. The van der Waals surface area contributed by atoms with E-state index in [2.05, 4.69) is 5.32 Å². The van der Waals surface area contributed by atoms with Gasteiger partial charge in [0, 0.05) is 6.07 Å². The molecule has 0 aliphatic heterocycles. The molecule has 0 unspecified atom stereocenters. The van der Waals surface area contributed by atoms with Gasteiger partial charge in [0.25, 0.3) is 0 Å². The van der Waals surface area contributed by atoms with Crippen molar-refractivity contribution in [2.24, 2.45) is 0 Å². The molecule has 0 radical (unpaired) electrons. The zero-order chi connectivity index (χ0) is 15.5. The summed E-state index contributed by atoms with van der Waals surface area (Å²) in [6, 6.07) is 2.20. The number of nitrogens with one attached hydrogen (secondary N) is 1. The third kappa shape index (κ3) is 4.11. The first-order chi connectivity index (χ1) is 9.14. The summed E-state index contributed by atoms with van der Waals surface area (Å²) in [7, 11) is 1.30. The summed E-state index contributed by atoms with van der Waals surface area (Å²) in [5, 5.41) is 11.0. The lowest BCUT2D eigenvalue weighted by Crippen LogP contribution is -2.27. The van der Waals surface area contributed by atoms with Crippen LogP contribution in [0.5, 0.6) is 5.75 Å². The smallest absolute Gasteiger partial charge is 0.412 e. The topological polar surface area (TPSA) is 84.9 Å². The Balaban J connectivity index is 3.08. The number of hydrogen-bond acceptors (Lipinski definition) is 4. The van der Waals surface area contributed by atoms with Crippen LogP contribution in [0.4, 0.5) is 14.9 Å². The van der Waals surface area contributed by atoms with Crippen molar-refractivity contribution in [1.82, 2.24) is 0 Å². The second-order valence-corrected chi connectivity index (χ2v) is 4.97. The van der Waals surface area contributed by atoms with E-state index in [-0.39, 0.29) is 11.4 Å². The minimum Gasteiger partial charge on any atom is -0.497 e. The van der Waals surface area contributed by atoms with Crippen LogP contribution in [0.25, 0.3) is 0 Å². The van der Waals surface area contributed by atoms with Crippen LogP contribution >= 0.6 is 0 Å². The minimum atomic E-state index is -1.46. The Morgan fingerprint density at radius 3 is 2.35 bits per heavy atom. The van der Waals surface area contributed by atoms with Crippen molar-refractivity contribution in [3.05, 3.63) is 23.5 Å². The zero-order valence-corrected chi connectivity index (χ0v) is 11.6. The van der Waals surface area contributed by atoms with E-state index in [1.807, 2.05) is 0 Å². The van der Waals surface area contributed by atoms with Crippen molar-refractivity contribution in [3.63, 3.8) is 0 Å². The predicted octanol–water partition coefficient (Wildman–Crippen LogP) is 2.88. The summed E-state index contributed by atoms with van der Waals surface area (Å²) in [4.78, 5) is 22.5. The number of carbonyl (C=O) groups excluding carboxylic acids is 1. The van der Waals surface area contributed by atoms with Crippen LogP contribution in [0.1, 0.15) is 31.1 Å². The zero-order valence-electron chi connectivity index (χ0n) is 11.6. The van der Waals surface area contributed by atoms with Gasteiger partial charge in [0.1, 0.15) is 16.9 Å². The van der Waals surface area contributed by atoms with E-state index in [0.717, 1.165) is 6.07 Å². The number of halogens is 1. The number of anilines is 1. The quantitative estimate of drug-likeness (QED) is 0.892. The highest BCUT2D eigenvalue weighted by atomic mass is 19.1. The second-order valence-electron chi connectivity index (χ2n) is 4.97. The highest BCUT2D eigenvalue weighted by Gasteiger charge is 2.21. The lowest BCUT2D eigenvalue weighted by atomic mass is 10.1. The molecule has 0 aliphatic carbocycles. The molecule has 0 aromatic heterocycles. The molecule has 0 saturated carbocycles. The average molecular weight is 285 g/mol. The number of carbonyl (C=O) groups is 2. The summed E-state index contributed by atoms with van der Waals surface area (Å²) < 4.78 is 23.8. The van der Waals surface area contributed by atoms with Crippen LogP contribution in [0, 0.1) is 5.82 Å². The van der Waals surface area contributed by atoms with Crippen LogP contribution in [-0.2, 0) is 4.74 Å². The number of ether oxygens (including phenoxy) is 2. The standard InChI is InChI=1S/C13H16FNO5/c1-13(2,3)20-12(18)15-9-6-7(19-4)5-8(10(9)14)11(16)17/h5-6H,1-4H3,(H,15,18)(H,16,17). The molecule has 0 aliphatic rings. The number of hydrogen-bond donors (Lipinski definition) is 2. The van der Waals surface area contributed by atoms with Gasteiger partial charge in [-0.05, 0) is 26.8 Å². The Morgan fingerprint density at radius 2 is 1.90 bits per heavy atom. The minimum absolute atomic E-state index is 0.106. The number of carboxylic acids is 1. The molecule has 110 valence electrons. The van der Waals surface area contributed by atoms with Crippen molar-refractivity contribution in [2.75, 3.05) is 12.4 Å². The number of amides is 1. The van der Waals surface area contributed by atoms with Crippen molar-refractivity contribution >= 4 is 17.7 Å². The maximum atomic E-state index is 13.9. The Hall–Kier alpha value is -2.31. The van der Waals surface area contributed by atoms with Gasteiger partial charge in [-0.2, -0.15) is 0 Å². The summed E-state index contributed by atoms with van der Waals surface area (Å²) in [5.74, 6) is -2.42. The maximum absolute atomic E-state index is 13.9. The highest BCUT2D eigenvalue weighted by Crippen LogP contribution is 2.26. The average Bonchev–Trinajstić information content (AvgIpc) is 2.28. The highest BCUT2D eigenvalue weighted by molar-refractivity contribution is 5.92. The third-order valence-corrected chi connectivity index (χ3v) is 2.15. The number of benzene rings is 1. The molecule has 0 heterocycles. The van der Waals surface area contributed by atoms with Gasteiger partial charge in [-0.3, -0.25) is 5.32 Å². The lowest BCUT2D eigenvalue weighted by Gasteiger charge is -2.20. The Kier molecular flexibility index (Phi) is 4.54. The van der Waals surface area contributed by atoms with Crippen LogP contribution in [-0.4, -0.2) is 29.9 Å². The molecule has 1 aromatic rings. The van der Waals surface area contributed by atoms with Crippen molar-refractivity contribution in [1.29, 1.82) is 0 Å². The molecule has 6 nitrogen and oxygen atoms in total. The number of carboxylic acid groups (broad SMARTS) is 1. The third-order valence-electron chi connectivity index (χ3n) is 2.15. The molecule has 0 atom stereocenters. The molecular weight excluding hydrogens is 269 g/mol. The van der Waals surface area contributed by atoms with Crippen LogP contribution < -0.4 is 10.1 Å². The summed E-state index contributed by atoms with van der Waals surface area (Å²) in [6.07, 6.45) is -0.888. The Labute approximate surface area is 115 Å². The van der Waals surface area contributed by atoms with Crippen molar-refractivity contribution < 1.29 is 28.6 Å². The summed E-state index contributed by atoms with van der Waals surface area (Å²) >= 11 is 0. The van der Waals surface area contributed by atoms with Gasteiger partial charge in [0.05, 0.1) is 12.8 Å². The van der Waals surface area contributed by atoms with E-state index >= 15 is 0 Å². The fourth-order valence-electron chi connectivity index (χ4n) is 1.38. The molecule has 1 aromatic carbocycles. The first kappa shape index (κ1) is 15.7. The summed E-state index contributed by atoms with van der Waals surface area (Å²) in [5.41, 5.74) is -1.68. The largest absolute Gasteiger partial charge is 0.497 e. The van der Waals surface area contributed by atoms with E-state index in [0.29, 0.717) is 0 Å². The summed E-state index contributed by atoms with van der Waals surface area (Å²) in [6.45, 7) is 4.95. The molecule has 0 saturated heterocycles. The lowest BCUT2D eigenvalue weighted by molar-refractivity contribution is 0.0631. The van der Waals surface area contributed by atoms with Crippen LogP contribution in [0.3, 0.4) is 0 Å². The van der Waals surface area contributed by atoms with E-state index < -0.39 is 29.0 Å².